The van der Waals surface area contributed by atoms with Gasteiger partial charge in [0.1, 0.15) is 18.1 Å². The minimum Gasteiger partial charge on any atom is -0.490 e. The van der Waals surface area contributed by atoms with Gasteiger partial charge in [0, 0.05) is 25.8 Å². The summed E-state index contributed by atoms with van der Waals surface area (Å²) in [5.74, 6) is 1.24. The quantitative estimate of drug-likeness (QED) is 0.933. The predicted octanol–water partition coefficient (Wildman–Crippen LogP) is 2.24. The number of carbonyl (C=O) groups excluding carboxylic acids is 1. The summed E-state index contributed by atoms with van der Waals surface area (Å²) in [6.45, 7) is 4.39. The van der Waals surface area contributed by atoms with Gasteiger partial charge in [-0.15, -0.1) is 0 Å². The van der Waals surface area contributed by atoms with Gasteiger partial charge in [0.15, 0.2) is 0 Å². The van der Waals surface area contributed by atoms with E-state index < -0.39 is 0 Å². The monoisotopic (exact) mass is 327 g/mol. The van der Waals surface area contributed by atoms with Gasteiger partial charge in [-0.3, -0.25) is 9.88 Å². The van der Waals surface area contributed by atoms with Crippen LogP contribution in [0.4, 0.5) is 4.79 Å². The summed E-state index contributed by atoms with van der Waals surface area (Å²) >= 11 is 0. The zero-order valence-electron chi connectivity index (χ0n) is 13.6. The summed E-state index contributed by atoms with van der Waals surface area (Å²) < 4.78 is 11.2. The van der Waals surface area contributed by atoms with Crippen molar-refractivity contribution in [1.29, 1.82) is 0 Å². The molecule has 1 aromatic carbocycles. The third-order valence-electron chi connectivity index (χ3n) is 3.89. The van der Waals surface area contributed by atoms with Gasteiger partial charge in [-0.05, 0) is 31.2 Å². The molecule has 1 amide bonds. The van der Waals surface area contributed by atoms with Gasteiger partial charge in [0.05, 0.1) is 12.2 Å². The third kappa shape index (κ3) is 4.23. The number of hydrogen-bond acceptors (Lipinski definition) is 5. The number of nitrogens with one attached hydrogen (secondary N) is 1. The number of rotatable bonds is 4. The maximum absolute atomic E-state index is 12.5. The first kappa shape index (κ1) is 16.3. The van der Waals surface area contributed by atoms with E-state index in [1.165, 1.54) is 0 Å². The number of benzene rings is 1. The van der Waals surface area contributed by atoms with E-state index in [-0.39, 0.29) is 12.1 Å². The van der Waals surface area contributed by atoms with Crippen LogP contribution in [0.1, 0.15) is 5.56 Å². The van der Waals surface area contributed by atoms with Crippen LogP contribution in [0.5, 0.6) is 11.5 Å². The molecule has 1 aliphatic rings. The van der Waals surface area contributed by atoms with Crippen LogP contribution in [0.25, 0.3) is 0 Å². The molecular weight excluding hydrogens is 306 g/mol. The molecule has 1 aliphatic heterocycles. The van der Waals surface area contributed by atoms with Gasteiger partial charge in [-0.2, -0.15) is 0 Å². The first-order chi connectivity index (χ1) is 11.7. The number of carbonyl (C=O) groups is 1. The van der Waals surface area contributed by atoms with E-state index in [0.717, 1.165) is 12.1 Å². The SMILES string of the molecule is Cc1ccc(OC(=O)N2CCNCC2COc2cccnc2)cc1. The zero-order chi connectivity index (χ0) is 16.8. The standard InChI is InChI=1S/C18H21N3O3/c1-14-4-6-16(7-5-14)24-18(22)21-10-9-20-11-15(21)13-23-17-3-2-8-19-12-17/h2-8,12,15,20H,9-11,13H2,1H3. The van der Waals surface area contributed by atoms with E-state index in [1.807, 2.05) is 31.2 Å². The van der Waals surface area contributed by atoms with Crippen LogP contribution in [0.2, 0.25) is 0 Å². The minimum absolute atomic E-state index is 0.0862. The van der Waals surface area contributed by atoms with E-state index in [9.17, 15) is 4.79 Å². The van der Waals surface area contributed by atoms with Crippen molar-refractivity contribution >= 4 is 6.09 Å². The lowest BCUT2D eigenvalue weighted by atomic mass is 10.2. The average molecular weight is 327 g/mol. The predicted molar refractivity (Wildman–Crippen MR) is 90.3 cm³/mol. The van der Waals surface area contributed by atoms with E-state index in [0.29, 0.717) is 31.2 Å². The summed E-state index contributed by atoms with van der Waals surface area (Å²) in [6, 6.07) is 11.0. The molecule has 0 radical (unpaired) electrons. The van der Waals surface area contributed by atoms with Crippen LogP contribution in [0.3, 0.4) is 0 Å². The van der Waals surface area contributed by atoms with Gasteiger partial charge in [-0.25, -0.2) is 4.79 Å². The van der Waals surface area contributed by atoms with Crippen molar-refractivity contribution in [3.63, 3.8) is 0 Å². The second-order valence-electron chi connectivity index (χ2n) is 5.73. The normalized spacial score (nSPS) is 17.4. The molecule has 126 valence electrons. The van der Waals surface area contributed by atoms with Crippen molar-refractivity contribution < 1.29 is 14.3 Å². The molecule has 24 heavy (non-hydrogen) atoms. The van der Waals surface area contributed by atoms with Crippen LogP contribution < -0.4 is 14.8 Å². The number of nitrogens with zero attached hydrogens (tertiary/aromatic N) is 2. The number of amides is 1. The fourth-order valence-corrected chi connectivity index (χ4v) is 2.54. The Morgan fingerprint density at radius 2 is 2.12 bits per heavy atom. The highest BCUT2D eigenvalue weighted by Crippen LogP contribution is 2.15. The topological polar surface area (TPSA) is 63.7 Å². The van der Waals surface area contributed by atoms with Crippen molar-refractivity contribution in [2.24, 2.45) is 0 Å². The fraction of sp³-hybridized carbons (Fsp3) is 0.333. The molecule has 2 heterocycles. The van der Waals surface area contributed by atoms with Crippen LogP contribution in [0, 0.1) is 6.92 Å². The molecule has 0 aliphatic carbocycles. The number of ether oxygens (including phenoxy) is 2. The number of pyridine rings is 1. The molecule has 2 aromatic rings. The van der Waals surface area contributed by atoms with Crippen molar-refractivity contribution in [2.75, 3.05) is 26.2 Å². The molecule has 1 fully saturated rings. The third-order valence-corrected chi connectivity index (χ3v) is 3.89. The van der Waals surface area contributed by atoms with E-state index in [2.05, 4.69) is 10.3 Å². The largest absolute Gasteiger partial charge is 0.490 e. The summed E-state index contributed by atoms with van der Waals surface area (Å²) in [6.07, 6.45) is 3.01. The average Bonchev–Trinajstić information content (AvgIpc) is 2.63. The first-order valence-corrected chi connectivity index (χ1v) is 8.01. The lowest BCUT2D eigenvalue weighted by molar-refractivity contribution is 0.0953. The molecule has 6 heteroatoms. The van der Waals surface area contributed by atoms with Crippen molar-refractivity contribution in [1.82, 2.24) is 15.2 Å². The number of aromatic nitrogens is 1. The lowest BCUT2D eigenvalue weighted by Crippen LogP contribution is -2.56. The number of piperazine rings is 1. The Kier molecular flexibility index (Phi) is 5.28. The molecule has 1 atom stereocenters. The van der Waals surface area contributed by atoms with Gasteiger partial charge in [0.25, 0.3) is 0 Å². The maximum Gasteiger partial charge on any atom is 0.415 e. The Labute approximate surface area is 141 Å². The second kappa shape index (κ2) is 7.79. The van der Waals surface area contributed by atoms with Crippen LogP contribution >= 0.6 is 0 Å². The van der Waals surface area contributed by atoms with Crippen LogP contribution in [-0.4, -0.2) is 48.3 Å². The summed E-state index contributed by atoms with van der Waals surface area (Å²) in [5.41, 5.74) is 1.12. The lowest BCUT2D eigenvalue weighted by Gasteiger charge is -2.35. The van der Waals surface area contributed by atoms with E-state index in [1.54, 1.807) is 29.4 Å². The highest BCUT2D eigenvalue weighted by Gasteiger charge is 2.28. The van der Waals surface area contributed by atoms with Crippen LogP contribution in [0.15, 0.2) is 48.8 Å². The Hall–Kier alpha value is -2.60. The Bertz CT molecular complexity index is 661. The van der Waals surface area contributed by atoms with E-state index >= 15 is 0 Å². The minimum atomic E-state index is -0.347. The Morgan fingerprint density at radius 1 is 1.29 bits per heavy atom. The second-order valence-corrected chi connectivity index (χ2v) is 5.73. The molecule has 0 saturated carbocycles. The van der Waals surface area contributed by atoms with Crippen molar-refractivity contribution in [3.05, 3.63) is 54.4 Å². The zero-order valence-corrected chi connectivity index (χ0v) is 13.6. The molecule has 1 unspecified atom stereocenters. The Morgan fingerprint density at radius 3 is 2.88 bits per heavy atom. The van der Waals surface area contributed by atoms with Gasteiger partial charge >= 0.3 is 6.09 Å². The molecule has 1 aromatic heterocycles. The molecule has 3 rings (SSSR count). The summed E-state index contributed by atoms with van der Waals surface area (Å²) in [7, 11) is 0. The number of hydrogen-bond donors (Lipinski definition) is 1. The molecule has 1 N–H and O–H groups in total. The van der Waals surface area contributed by atoms with E-state index in [4.69, 9.17) is 9.47 Å². The fourth-order valence-electron chi connectivity index (χ4n) is 2.54. The molecule has 0 bridgehead atoms. The highest BCUT2D eigenvalue weighted by molar-refractivity contribution is 5.71. The van der Waals surface area contributed by atoms with Crippen molar-refractivity contribution in [3.8, 4) is 11.5 Å². The molecular formula is C18H21N3O3. The Balaban J connectivity index is 1.60. The van der Waals surface area contributed by atoms with Gasteiger partial charge < -0.3 is 14.8 Å². The van der Waals surface area contributed by atoms with Crippen LogP contribution in [-0.2, 0) is 0 Å². The first-order valence-electron chi connectivity index (χ1n) is 8.01. The summed E-state index contributed by atoms with van der Waals surface area (Å²) in [4.78, 5) is 18.2. The van der Waals surface area contributed by atoms with Crippen molar-refractivity contribution in [2.45, 2.75) is 13.0 Å². The highest BCUT2D eigenvalue weighted by atomic mass is 16.6. The molecule has 1 saturated heterocycles. The number of aryl methyl sites for hydroxylation is 1. The van der Waals surface area contributed by atoms with Gasteiger partial charge in [-0.1, -0.05) is 17.7 Å². The molecule has 6 nitrogen and oxygen atoms in total. The summed E-state index contributed by atoms with van der Waals surface area (Å²) in [5, 5.41) is 3.28. The molecule has 0 spiro atoms. The maximum atomic E-state index is 12.5. The smallest absolute Gasteiger partial charge is 0.415 e. The van der Waals surface area contributed by atoms with Gasteiger partial charge in [0.2, 0.25) is 0 Å².